The van der Waals surface area contributed by atoms with Crippen molar-refractivity contribution in [3.05, 3.63) is 59.9 Å². The molecule has 0 atom stereocenters. The Kier molecular flexibility index (Phi) is 6.25. The number of hydrogen-bond donors (Lipinski definition) is 4. The van der Waals surface area contributed by atoms with Crippen LogP contribution in [0.4, 0.5) is 15.8 Å². The number of nitrogens with one attached hydrogen (secondary N) is 4. The molecule has 0 aromatic heterocycles. The van der Waals surface area contributed by atoms with Crippen molar-refractivity contribution in [2.45, 2.75) is 13.3 Å². The van der Waals surface area contributed by atoms with Crippen molar-refractivity contribution in [1.29, 1.82) is 0 Å². The van der Waals surface area contributed by atoms with Crippen LogP contribution in [0.3, 0.4) is 0 Å². The van der Waals surface area contributed by atoms with Gasteiger partial charge >= 0.3 is 0 Å². The molecule has 0 aliphatic carbocycles. The van der Waals surface area contributed by atoms with Gasteiger partial charge in [-0.2, -0.15) is 0 Å². The van der Waals surface area contributed by atoms with Gasteiger partial charge in [0, 0.05) is 5.69 Å². The normalized spacial score (nSPS) is 9.83. The second-order valence-corrected chi connectivity index (χ2v) is 5.51. The highest BCUT2D eigenvalue weighted by molar-refractivity contribution is 7.81. The van der Waals surface area contributed by atoms with Gasteiger partial charge in [-0.25, -0.2) is 4.39 Å². The fourth-order valence-electron chi connectivity index (χ4n) is 1.82. The van der Waals surface area contributed by atoms with Crippen molar-refractivity contribution in [2.24, 2.45) is 0 Å². The van der Waals surface area contributed by atoms with E-state index in [1.807, 2.05) is 24.3 Å². The zero-order valence-corrected chi connectivity index (χ0v) is 14.2. The van der Waals surface area contributed by atoms with E-state index in [0.717, 1.165) is 12.1 Å². The van der Waals surface area contributed by atoms with Crippen molar-refractivity contribution in [3.8, 4) is 0 Å². The maximum Gasteiger partial charge on any atom is 0.189 e. The lowest BCUT2D eigenvalue weighted by atomic mass is 10.1. The summed E-state index contributed by atoms with van der Waals surface area (Å²) in [4.78, 5) is 0. The number of hydrogen-bond acceptors (Lipinski definition) is 2. The molecule has 2 aromatic rings. The zero-order valence-electron chi connectivity index (χ0n) is 12.5. The first-order valence-electron chi connectivity index (χ1n) is 7.06. The number of anilines is 2. The predicted molar refractivity (Wildman–Crippen MR) is 101 cm³/mol. The minimum atomic E-state index is -0.381. The van der Waals surface area contributed by atoms with Gasteiger partial charge in [-0.05, 0) is 60.7 Å². The third-order valence-electron chi connectivity index (χ3n) is 3.03. The predicted octanol–water partition coefficient (Wildman–Crippen LogP) is 3.58. The van der Waals surface area contributed by atoms with Crippen molar-refractivity contribution in [2.75, 3.05) is 10.6 Å². The van der Waals surface area contributed by atoms with Crippen LogP contribution in [0, 0.1) is 5.82 Å². The number of benzene rings is 2. The maximum atomic E-state index is 13.5. The summed E-state index contributed by atoms with van der Waals surface area (Å²) >= 11 is 10.2. The number of aryl methyl sites for hydroxylation is 1. The second-order valence-electron chi connectivity index (χ2n) is 4.69. The Balaban J connectivity index is 1.79. The van der Waals surface area contributed by atoms with Crippen molar-refractivity contribution in [3.63, 3.8) is 0 Å². The van der Waals surface area contributed by atoms with Crippen molar-refractivity contribution < 1.29 is 4.39 Å². The van der Waals surface area contributed by atoms with Crippen LogP contribution in [0.5, 0.6) is 0 Å². The first-order valence-corrected chi connectivity index (χ1v) is 7.87. The molecule has 0 fully saturated rings. The highest BCUT2D eigenvalue weighted by atomic mass is 32.1. The topological polar surface area (TPSA) is 48.1 Å². The molecule has 4 nitrogen and oxygen atoms in total. The molecule has 0 spiro atoms. The minimum absolute atomic E-state index is 0.209. The van der Waals surface area contributed by atoms with Gasteiger partial charge in [-0.1, -0.05) is 31.2 Å². The van der Waals surface area contributed by atoms with E-state index in [1.165, 1.54) is 11.6 Å². The van der Waals surface area contributed by atoms with Crippen molar-refractivity contribution >= 4 is 46.0 Å². The van der Waals surface area contributed by atoms with Gasteiger partial charge in [0.25, 0.3) is 0 Å². The average Bonchev–Trinajstić information content (AvgIpc) is 2.56. The molecule has 120 valence electrons. The van der Waals surface area contributed by atoms with Crippen LogP contribution < -0.4 is 21.5 Å². The molecule has 7 heteroatoms. The van der Waals surface area contributed by atoms with Gasteiger partial charge < -0.3 is 10.6 Å². The van der Waals surface area contributed by atoms with Crippen LogP contribution in [0.25, 0.3) is 0 Å². The largest absolute Gasteiger partial charge is 0.331 e. The maximum absolute atomic E-state index is 13.5. The quantitative estimate of drug-likeness (QED) is 0.502. The van der Waals surface area contributed by atoms with E-state index >= 15 is 0 Å². The third-order valence-corrected chi connectivity index (χ3v) is 3.44. The summed E-state index contributed by atoms with van der Waals surface area (Å²) in [5.41, 5.74) is 7.86. The molecule has 0 unspecified atom stereocenters. The molecule has 0 saturated heterocycles. The lowest BCUT2D eigenvalue weighted by Gasteiger charge is -2.14. The van der Waals surface area contributed by atoms with E-state index < -0.39 is 0 Å². The van der Waals surface area contributed by atoms with Crippen molar-refractivity contribution in [1.82, 2.24) is 10.9 Å². The summed E-state index contributed by atoms with van der Waals surface area (Å²) < 4.78 is 13.5. The lowest BCUT2D eigenvalue weighted by molar-refractivity contribution is 0.632. The van der Waals surface area contributed by atoms with Gasteiger partial charge in [0.1, 0.15) is 5.82 Å². The molecule has 23 heavy (non-hydrogen) atoms. The van der Waals surface area contributed by atoms with E-state index in [2.05, 4.69) is 28.4 Å². The number of para-hydroxylation sites is 1. The monoisotopic (exact) mass is 348 g/mol. The Morgan fingerprint density at radius 2 is 1.52 bits per heavy atom. The average molecular weight is 348 g/mol. The summed E-state index contributed by atoms with van der Waals surface area (Å²) in [7, 11) is 0. The standard InChI is InChI=1S/C16H17FN4S2/c1-2-11-7-9-12(10-8-11)18-15(22)20-21-16(23)19-14-6-4-3-5-13(14)17/h3-10H,2H2,1H3,(H2,18,20,22)(H2,19,21,23). The Morgan fingerprint density at radius 3 is 2.13 bits per heavy atom. The van der Waals surface area contributed by atoms with E-state index in [-0.39, 0.29) is 10.9 Å². The zero-order chi connectivity index (χ0) is 16.7. The van der Waals surface area contributed by atoms with Crippen LogP contribution in [-0.4, -0.2) is 10.2 Å². The first kappa shape index (κ1) is 17.1. The molecule has 0 radical (unpaired) electrons. The second kappa shape index (κ2) is 8.40. The lowest BCUT2D eigenvalue weighted by Crippen LogP contribution is -2.45. The molecular formula is C16H17FN4S2. The molecule has 4 N–H and O–H groups in total. The Labute approximate surface area is 145 Å². The smallest absolute Gasteiger partial charge is 0.189 e. The van der Waals surface area contributed by atoms with Crippen LogP contribution in [0.1, 0.15) is 12.5 Å². The van der Waals surface area contributed by atoms with E-state index in [4.69, 9.17) is 24.4 Å². The van der Waals surface area contributed by atoms with Crippen LogP contribution >= 0.6 is 24.4 Å². The summed E-state index contributed by atoms with van der Waals surface area (Å²) in [6.45, 7) is 2.10. The molecule has 0 aliphatic heterocycles. The summed E-state index contributed by atoms with van der Waals surface area (Å²) in [5, 5.41) is 6.32. The fraction of sp³-hybridized carbons (Fsp3) is 0.125. The molecule has 0 heterocycles. The molecule has 2 rings (SSSR count). The van der Waals surface area contributed by atoms with Crippen LogP contribution in [-0.2, 0) is 6.42 Å². The number of thiocarbonyl (C=S) groups is 2. The molecule has 0 amide bonds. The van der Waals surface area contributed by atoms with E-state index in [0.29, 0.717) is 10.8 Å². The highest BCUT2D eigenvalue weighted by Gasteiger charge is 2.03. The molecule has 0 saturated carbocycles. The Hall–Kier alpha value is -2.25. The van der Waals surface area contributed by atoms with E-state index in [9.17, 15) is 4.39 Å². The molecule has 0 aliphatic rings. The fourth-order valence-corrected chi connectivity index (χ4v) is 2.15. The number of rotatable bonds is 3. The first-order chi connectivity index (χ1) is 11.1. The number of hydrazine groups is 1. The summed E-state index contributed by atoms with van der Waals surface area (Å²) in [6.07, 6.45) is 0.987. The van der Waals surface area contributed by atoms with Gasteiger partial charge in [0.15, 0.2) is 10.2 Å². The van der Waals surface area contributed by atoms with E-state index in [1.54, 1.807) is 18.2 Å². The highest BCUT2D eigenvalue weighted by Crippen LogP contribution is 2.12. The SMILES string of the molecule is CCc1ccc(NC(=S)NNC(=S)Nc2ccccc2F)cc1. The Bertz CT molecular complexity index is 689. The summed E-state index contributed by atoms with van der Waals surface area (Å²) in [5.74, 6) is -0.381. The number of halogens is 1. The third kappa shape index (κ3) is 5.46. The molecular weight excluding hydrogens is 331 g/mol. The van der Waals surface area contributed by atoms with Crippen LogP contribution in [0.2, 0.25) is 0 Å². The minimum Gasteiger partial charge on any atom is -0.331 e. The summed E-state index contributed by atoms with van der Waals surface area (Å²) in [6, 6.07) is 14.2. The van der Waals surface area contributed by atoms with Crippen LogP contribution in [0.15, 0.2) is 48.5 Å². The molecule has 0 bridgehead atoms. The van der Waals surface area contributed by atoms with Gasteiger partial charge in [0.05, 0.1) is 5.69 Å². The molecule has 2 aromatic carbocycles. The van der Waals surface area contributed by atoms with Gasteiger partial charge in [-0.15, -0.1) is 0 Å². The Morgan fingerprint density at radius 1 is 0.913 bits per heavy atom. The van der Waals surface area contributed by atoms with Gasteiger partial charge in [0.2, 0.25) is 0 Å². The van der Waals surface area contributed by atoms with Gasteiger partial charge in [-0.3, -0.25) is 10.9 Å².